The Labute approximate surface area is 302 Å². The van der Waals surface area contributed by atoms with Crippen molar-refractivity contribution in [3.63, 3.8) is 0 Å². The normalized spacial score (nSPS) is 13.7. The summed E-state index contributed by atoms with van der Waals surface area (Å²) in [5.74, 6) is -1.67. The smallest absolute Gasteiger partial charge is 0.408 e. The van der Waals surface area contributed by atoms with Gasteiger partial charge >= 0.3 is 12.1 Å². The Bertz CT molecular complexity index is 1650. The van der Waals surface area contributed by atoms with Crippen molar-refractivity contribution in [1.29, 1.82) is 0 Å². The molecule has 3 unspecified atom stereocenters. The van der Waals surface area contributed by atoms with Gasteiger partial charge in [0.15, 0.2) is 0 Å². The molecule has 0 fully saturated rings. The predicted octanol–water partition coefficient (Wildman–Crippen LogP) is 6.88. The van der Waals surface area contributed by atoms with Crippen molar-refractivity contribution in [2.45, 2.75) is 124 Å². The predicted molar refractivity (Wildman–Crippen MR) is 198 cm³/mol. The van der Waals surface area contributed by atoms with Crippen LogP contribution >= 0.6 is 0 Å². The molecule has 0 heterocycles. The Morgan fingerprint density at radius 3 is 1.69 bits per heavy atom. The molecule has 10 nitrogen and oxygen atoms in total. The van der Waals surface area contributed by atoms with Gasteiger partial charge in [0.25, 0.3) is 0 Å². The average molecular weight is 702 g/mol. The molecule has 0 aliphatic carbocycles. The van der Waals surface area contributed by atoms with E-state index in [1.165, 1.54) is 17.0 Å². The zero-order chi connectivity index (χ0) is 38.3. The highest BCUT2D eigenvalue weighted by Gasteiger charge is 2.44. The number of carbonyl (C=O) groups excluding carboxylic acids is 4. The van der Waals surface area contributed by atoms with Crippen LogP contribution in [0, 0.1) is 13.8 Å². The quantitative estimate of drug-likeness (QED) is 0.186. The van der Waals surface area contributed by atoms with Crippen LogP contribution in [0.4, 0.5) is 4.79 Å². The molecule has 3 rings (SSSR count). The van der Waals surface area contributed by atoms with Crippen molar-refractivity contribution in [2.24, 2.45) is 0 Å². The van der Waals surface area contributed by atoms with E-state index in [-0.39, 0.29) is 18.6 Å². The van der Waals surface area contributed by atoms with Crippen LogP contribution in [0.2, 0.25) is 0 Å². The Balaban J connectivity index is 2.19. The summed E-state index contributed by atoms with van der Waals surface area (Å²) in [5.41, 5.74) is 0.988. The van der Waals surface area contributed by atoms with Crippen molar-refractivity contribution in [3.05, 3.63) is 101 Å². The number of amides is 3. The summed E-state index contributed by atoms with van der Waals surface area (Å²) < 4.78 is 11.3. The van der Waals surface area contributed by atoms with Crippen molar-refractivity contribution < 1.29 is 33.8 Å². The van der Waals surface area contributed by atoms with Gasteiger partial charge in [-0.05, 0) is 116 Å². The fourth-order valence-corrected chi connectivity index (χ4v) is 5.83. The number of carbonyl (C=O) groups is 4. The number of rotatable bonds is 11. The summed E-state index contributed by atoms with van der Waals surface area (Å²) in [6.07, 6.45) is -0.594. The number of phenolic OH excluding ortho intramolecular Hbond substituents is 1. The lowest BCUT2D eigenvalue weighted by molar-refractivity contribution is -0.159. The molecule has 10 heteroatoms. The Kier molecular flexibility index (Phi) is 13.1. The number of hydrogen-bond donors (Lipinski definition) is 3. The van der Waals surface area contributed by atoms with Crippen molar-refractivity contribution in [2.75, 3.05) is 0 Å². The first-order valence-corrected chi connectivity index (χ1v) is 17.3. The Morgan fingerprint density at radius 2 is 1.18 bits per heavy atom. The highest BCUT2D eigenvalue weighted by molar-refractivity contribution is 5.95. The number of phenols is 1. The molecule has 0 saturated heterocycles. The fraction of sp³-hybridized carbons (Fsp3) is 0.463. The zero-order valence-corrected chi connectivity index (χ0v) is 31.9. The van der Waals surface area contributed by atoms with E-state index >= 15 is 4.79 Å². The molecule has 0 aromatic heterocycles. The number of esters is 1. The molecule has 3 amide bonds. The minimum Gasteiger partial charge on any atom is -0.508 e. The van der Waals surface area contributed by atoms with Crippen LogP contribution in [-0.4, -0.2) is 62.7 Å². The van der Waals surface area contributed by atoms with Gasteiger partial charge in [-0.25, -0.2) is 9.59 Å². The number of hydrogen-bond acceptors (Lipinski definition) is 7. The van der Waals surface area contributed by atoms with E-state index in [4.69, 9.17) is 9.47 Å². The molecule has 0 bridgehead atoms. The van der Waals surface area contributed by atoms with Crippen LogP contribution in [0.5, 0.6) is 5.75 Å². The third-order valence-corrected chi connectivity index (χ3v) is 7.94. The van der Waals surface area contributed by atoms with Crippen molar-refractivity contribution in [1.82, 2.24) is 15.5 Å². The maximum atomic E-state index is 15.0. The molecule has 3 aromatic carbocycles. The summed E-state index contributed by atoms with van der Waals surface area (Å²) in [6.45, 7) is 19.7. The molecule has 0 radical (unpaired) electrons. The maximum Gasteiger partial charge on any atom is 0.408 e. The summed E-state index contributed by atoms with van der Waals surface area (Å²) in [6, 6.07) is 17.8. The summed E-state index contributed by atoms with van der Waals surface area (Å²) in [4.78, 5) is 58.3. The molecule has 51 heavy (non-hydrogen) atoms. The number of benzene rings is 3. The van der Waals surface area contributed by atoms with E-state index in [0.717, 1.165) is 16.7 Å². The van der Waals surface area contributed by atoms with Crippen molar-refractivity contribution >= 4 is 23.9 Å². The van der Waals surface area contributed by atoms with E-state index in [9.17, 15) is 19.5 Å². The molecular weight excluding hydrogens is 646 g/mol. The largest absolute Gasteiger partial charge is 0.508 e. The van der Waals surface area contributed by atoms with Gasteiger partial charge < -0.3 is 30.1 Å². The number of ether oxygens (including phenoxy) is 2. The number of aromatic hydroxyl groups is 1. The average Bonchev–Trinajstić information content (AvgIpc) is 2.98. The SMILES string of the molecule is Cc1cccc(C)c1C(C(=O)NC(Cc1ccccc1)C(=O)OC(C)(C)C)N(C(=O)C(Cc1ccc(O)cc1)NC(=O)OC(C)(C)C)C(C)(C)C. The van der Waals surface area contributed by atoms with E-state index in [1.807, 2.05) is 83.1 Å². The van der Waals surface area contributed by atoms with E-state index in [0.29, 0.717) is 11.1 Å². The number of aryl methyl sites for hydroxylation is 2. The molecule has 276 valence electrons. The van der Waals surface area contributed by atoms with Crippen LogP contribution in [-0.2, 0) is 36.7 Å². The summed E-state index contributed by atoms with van der Waals surface area (Å²) in [5, 5.41) is 15.6. The van der Waals surface area contributed by atoms with Gasteiger partial charge in [0.05, 0.1) is 0 Å². The topological polar surface area (TPSA) is 134 Å². The Hall–Kier alpha value is -4.86. The van der Waals surface area contributed by atoms with E-state index < -0.39 is 58.7 Å². The van der Waals surface area contributed by atoms with Crippen LogP contribution in [0.1, 0.15) is 96.2 Å². The second-order valence-electron chi connectivity index (χ2n) is 15.9. The van der Waals surface area contributed by atoms with Crippen LogP contribution in [0.15, 0.2) is 72.8 Å². The molecule has 0 spiro atoms. The third kappa shape index (κ3) is 12.2. The van der Waals surface area contributed by atoms with Gasteiger partial charge in [0.2, 0.25) is 11.8 Å². The number of nitrogens with one attached hydrogen (secondary N) is 2. The third-order valence-electron chi connectivity index (χ3n) is 7.94. The number of nitrogens with zero attached hydrogens (tertiary/aromatic N) is 1. The van der Waals surface area contributed by atoms with Crippen molar-refractivity contribution in [3.8, 4) is 5.75 Å². The lowest BCUT2D eigenvalue weighted by atomic mass is 9.89. The van der Waals surface area contributed by atoms with Crippen LogP contribution in [0.3, 0.4) is 0 Å². The first-order valence-electron chi connectivity index (χ1n) is 17.3. The van der Waals surface area contributed by atoms with Gasteiger partial charge in [0.1, 0.15) is 35.1 Å². The highest BCUT2D eigenvalue weighted by Crippen LogP contribution is 2.34. The lowest BCUT2D eigenvalue weighted by Crippen LogP contribution is -2.60. The fourth-order valence-electron chi connectivity index (χ4n) is 5.83. The molecular formula is C41H55N3O7. The van der Waals surface area contributed by atoms with Gasteiger partial charge in [-0.3, -0.25) is 9.59 Å². The maximum absolute atomic E-state index is 15.0. The van der Waals surface area contributed by atoms with Gasteiger partial charge in [-0.2, -0.15) is 0 Å². The number of alkyl carbamates (subject to hydrolysis) is 1. The summed E-state index contributed by atoms with van der Waals surface area (Å²) >= 11 is 0. The van der Waals surface area contributed by atoms with Gasteiger partial charge in [-0.1, -0.05) is 60.7 Å². The standard InChI is InChI=1S/C41H55N3O7/c1-26-16-15-17-27(2)33(26)34(35(46)42-32(37(48)50-40(6,7)8)25-28-18-13-12-14-19-28)44(39(3,4)5)36(47)31(43-38(49)51-41(9,10)11)24-29-20-22-30(45)23-21-29/h12-23,31-32,34,45H,24-25H2,1-11H3,(H,42,46)(H,43,49). The van der Waals surface area contributed by atoms with Crippen LogP contribution in [0.25, 0.3) is 0 Å². The van der Waals surface area contributed by atoms with E-state index in [1.54, 1.807) is 53.7 Å². The molecule has 3 atom stereocenters. The summed E-state index contributed by atoms with van der Waals surface area (Å²) in [7, 11) is 0. The minimum absolute atomic E-state index is 0.0422. The molecule has 3 aromatic rings. The highest BCUT2D eigenvalue weighted by atomic mass is 16.6. The van der Waals surface area contributed by atoms with Crippen LogP contribution < -0.4 is 10.6 Å². The zero-order valence-electron chi connectivity index (χ0n) is 31.9. The Morgan fingerprint density at radius 1 is 0.667 bits per heavy atom. The minimum atomic E-state index is -1.22. The first kappa shape index (κ1) is 40.6. The molecule has 0 saturated carbocycles. The second kappa shape index (κ2) is 16.4. The van der Waals surface area contributed by atoms with Gasteiger partial charge in [-0.15, -0.1) is 0 Å². The van der Waals surface area contributed by atoms with E-state index in [2.05, 4.69) is 10.6 Å². The monoisotopic (exact) mass is 701 g/mol. The molecule has 0 aliphatic rings. The second-order valence-corrected chi connectivity index (χ2v) is 15.9. The molecule has 3 N–H and O–H groups in total. The van der Waals surface area contributed by atoms with Gasteiger partial charge in [0, 0.05) is 18.4 Å². The molecule has 0 aliphatic heterocycles. The lowest BCUT2D eigenvalue weighted by Gasteiger charge is -2.44. The first-order chi connectivity index (χ1) is 23.6.